The molecule has 0 atom stereocenters. The second-order valence-corrected chi connectivity index (χ2v) is 7.44. The maximum absolute atomic E-state index is 12.1. The molecule has 2 heterocycles. The predicted octanol–water partition coefficient (Wildman–Crippen LogP) is 2.04. The molecular formula is C15H23N3O5S. The molecule has 1 aliphatic heterocycles. The molecule has 0 unspecified atom stereocenters. The fraction of sp³-hybridized carbons (Fsp3) is 0.667. The van der Waals surface area contributed by atoms with Gasteiger partial charge in [-0.3, -0.25) is 0 Å². The maximum Gasteiger partial charge on any atom is 0.410 e. The highest BCUT2D eigenvalue weighted by molar-refractivity contribution is 7.17. The van der Waals surface area contributed by atoms with Crippen LogP contribution in [0.25, 0.3) is 0 Å². The number of aromatic nitrogens is 1. The average Bonchev–Trinajstić information content (AvgIpc) is 2.90. The molecule has 134 valence electrons. The van der Waals surface area contributed by atoms with Crippen LogP contribution < -0.4 is 4.90 Å². The van der Waals surface area contributed by atoms with Crippen LogP contribution >= 0.6 is 11.3 Å². The van der Waals surface area contributed by atoms with E-state index in [1.807, 2.05) is 25.7 Å². The highest BCUT2D eigenvalue weighted by Crippen LogP contribution is 2.28. The van der Waals surface area contributed by atoms with Crippen molar-refractivity contribution in [3.05, 3.63) is 10.6 Å². The summed E-state index contributed by atoms with van der Waals surface area (Å²) in [5.41, 5.74) is -0.0887. The first kappa shape index (κ1) is 18.5. The monoisotopic (exact) mass is 357 g/mol. The Morgan fingerprint density at radius 3 is 2.38 bits per heavy atom. The number of amides is 1. The van der Waals surface area contributed by atoms with Crippen molar-refractivity contribution in [1.82, 2.24) is 9.88 Å². The number of hydrogen-bond donors (Lipinski definition) is 1. The summed E-state index contributed by atoms with van der Waals surface area (Å²) in [6.07, 6.45) is -0.326. The summed E-state index contributed by atoms with van der Waals surface area (Å²) in [6, 6.07) is 0. The summed E-state index contributed by atoms with van der Waals surface area (Å²) in [6.45, 7) is 7.85. The lowest BCUT2D eigenvalue weighted by Crippen LogP contribution is -2.50. The highest BCUT2D eigenvalue weighted by Gasteiger charge is 2.28. The molecule has 2 rings (SSSR count). The van der Waals surface area contributed by atoms with Gasteiger partial charge >= 0.3 is 12.1 Å². The molecule has 1 fully saturated rings. The third kappa shape index (κ3) is 4.57. The largest absolute Gasteiger partial charge is 0.477 e. The molecule has 9 heteroatoms. The zero-order valence-electron chi connectivity index (χ0n) is 14.4. The van der Waals surface area contributed by atoms with Crippen LogP contribution in [0.1, 0.15) is 36.1 Å². The zero-order valence-corrected chi connectivity index (χ0v) is 15.2. The lowest BCUT2D eigenvalue weighted by atomic mass is 10.2. The van der Waals surface area contributed by atoms with Crippen LogP contribution in [-0.4, -0.2) is 65.9 Å². The molecule has 0 radical (unpaired) electrons. The van der Waals surface area contributed by atoms with Gasteiger partial charge in [0.15, 0.2) is 5.13 Å². The molecule has 0 bridgehead atoms. The number of nitrogens with zero attached hydrogens (tertiary/aromatic N) is 3. The molecular weight excluding hydrogens is 334 g/mol. The number of rotatable bonds is 4. The summed E-state index contributed by atoms with van der Waals surface area (Å²) in [5, 5.41) is 9.90. The summed E-state index contributed by atoms with van der Waals surface area (Å²) >= 11 is 1.13. The van der Waals surface area contributed by atoms with Gasteiger partial charge in [-0.25, -0.2) is 14.6 Å². The molecule has 0 aromatic carbocycles. The van der Waals surface area contributed by atoms with E-state index < -0.39 is 11.6 Å². The van der Waals surface area contributed by atoms with E-state index >= 15 is 0 Å². The third-order valence-electron chi connectivity index (χ3n) is 3.36. The SMILES string of the molecule is COCc1nc(N2CCN(C(=O)OC(C)(C)C)CC2)sc1C(=O)O. The number of carbonyl (C=O) groups is 2. The molecule has 0 spiro atoms. The molecule has 8 nitrogen and oxygen atoms in total. The van der Waals surface area contributed by atoms with E-state index in [0.717, 1.165) is 11.3 Å². The summed E-state index contributed by atoms with van der Waals surface area (Å²) < 4.78 is 10.4. The van der Waals surface area contributed by atoms with Crippen molar-refractivity contribution in [2.24, 2.45) is 0 Å². The van der Waals surface area contributed by atoms with Crippen LogP contribution in [0.15, 0.2) is 0 Å². The van der Waals surface area contributed by atoms with E-state index in [9.17, 15) is 14.7 Å². The minimum absolute atomic E-state index is 0.163. The van der Waals surface area contributed by atoms with E-state index in [2.05, 4.69) is 4.98 Å². The van der Waals surface area contributed by atoms with Crippen molar-refractivity contribution < 1.29 is 24.2 Å². The average molecular weight is 357 g/mol. The van der Waals surface area contributed by atoms with Gasteiger partial charge in [0.1, 0.15) is 10.5 Å². The van der Waals surface area contributed by atoms with Gasteiger partial charge in [0.25, 0.3) is 0 Å². The molecule has 1 aliphatic rings. The van der Waals surface area contributed by atoms with Gasteiger partial charge in [-0.2, -0.15) is 0 Å². The number of carboxylic acids is 1. The summed E-state index contributed by atoms with van der Waals surface area (Å²) in [4.78, 5) is 31.6. The minimum Gasteiger partial charge on any atom is -0.477 e. The van der Waals surface area contributed by atoms with E-state index in [-0.39, 0.29) is 17.6 Å². The number of anilines is 1. The normalized spacial score (nSPS) is 15.5. The van der Waals surface area contributed by atoms with Gasteiger partial charge in [-0.15, -0.1) is 0 Å². The lowest BCUT2D eigenvalue weighted by Gasteiger charge is -2.35. The zero-order chi connectivity index (χ0) is 17.9. The van der Waals surface area contributed by atoms with Crippen LogP contribution in [0.5, 0.6) is 0 Å². The van der Waals surface area contributed by atoms with E-state index in [4.69, 9.17) is 9.47 Å². The van der Waals surface area contributed by atoms with Crippen molar-refractivity contribution in [2.75, 3.05) is 38.2 Å². The molecule has 1 aromatic rings. The van der Waals surface area contributed by atoms with E-state index in [1.54, 1.807) is 4.90 Å². The number of ether oxygens (including phenoxy) is 2. The number of methoxy groups -OCH3 is 1. The number of aromatic carboxylic acids is 1. The number of carboxylic acid groups (broad SMARTS) is 1. The van der Waals surface area contributed by atoms with Crippen molar-refractivity contribution in [3.63, 3.8) is 0 Å². The van der Waals surface area contributed by atoms with Gasteiger partial charge in [0.05, 0.1) is 12.3 Å². The highest BCUT2D eigenvalue weighted by atomic mass is 32.1. The number of hydrogen-bond acceptors (Lipinski definition) is 7. The Labute approximate surface area is 145 Å². The van der Waals surface area contributed by atoms with Crippen molar-refractivity contribution in [1.29, 1.82) is 0 Å². The molecule has 1 amide bonds. The van der Waals surface area contributed by atoms with Crippen LogP contribution in [0, 0.1) is 0 Å². The Morgan fingerprint density at radius 1 is 1.25 bits per heavy atom. The number of piperazine rings is 1. The fourth-order valence-electron chi connectivity index (χ4n) is 2.28. The second kappa shape index (κ2) is 7.35. The topological polar surface area (TPSA) is 92.2 Å². The van der Waals surface area contributed by atoms with Crippen molar-refractivity contribution >= 4 is 28.5 Å². The Kier molecular flexibility index (Phi) is 5.66. The first-order valence-corrected chi connectivity index (χ1v) is 8.47. The molecule has 1 saturated heterocycles. The van der Waals surface area contributed by atoms with Crippen LogP contribution in [0.4, 0.5) is 9.93 Å². The maximum atomic E-state index is 12.1. The van der Waals surface area contributed by atoms with Gasteiger partial charge in [-0.1, -0.05) is 11.3 Å². The smallest absolute Gasteiger partial charge is 0.410 e. The minimum atomic E-state index is -1.00. The summed E-state index contributed by atoms with van der Waals surface area (Å²) in [5.74, 6) is -1.00. The van der Waals surface area contributed by atoms with Gasteiger partial charge < -0.3 is 24.4 Å². The number of carbonyl (C=O) groups excluding carboxylic acids is 1. The first-order chi connectivity index (χ1) is 11.2. The Balaban J connectivity index is 2.01. The van der Waals surface area contributed by atoms with Gasteiger partial charge in [-0.05, 0) is 20.8 Å². The quantitative estimate of drug-likeness (QED) is 0.881. The van der Waals surface area contributed by atoms with Crippen LogP contribution in [0.2, 0.25) is 0 Å². The third-order valence-corrected chi connectivity index (χ3v) is 4.51. The van der Waals surface area contributed by atoms with E-state index in [1.165, 1.54) is 7.11 Å². The second-order valence-electron chi connectivity index (χ2n) is 6.46. The summed E-state index contributed by atoms with van der Waals surface area (Å²) in [7, 11) is 1.50. The standard InChI is InChI=1S/C15H23N3O5S/c1-15(2,3)23-14(21)18-7-5-17(6-8-18)13-16-10(9-22-4)11(24-13)12(19)20/h5-9H2,1-4H3,(H,19,20). The van der Waals surface area contributed by atoms with Gasteiger partial charge in [0, 0.05) is 33.3 Å². The lowest BCUT2D eigenvalue weighted by molar-refractivity contribution is 0.0240. The molecule has 0 saturated carbocycles. The van der Waals surface area contributed by atoms with E-state index in [0.29, 0.717) is 37.0 Å². The number of thiazole rings is 1. The Hall–Kier alpha value is -1.87. The molecule has 0 aliphatic carbocycles. The molecule has 1 N–H and O–H groups in total. The predicted molar refractivity (Wildman–Crippen MR) is 89.8 cm³/mol. The van der Waals surface area contributed by atoms with Crippen molar-refractivity contribution in [3.8, 4) is 0 Å². The van der Waals surface area contributed by atoms with Gasteiger partial charge in [0.2, 0.25) is 0 Å². The molecule has 24 heavy (non-hydrogen) atoms. The van der Waals surface area contributed by atoms with Crippen LogP contribution in [0.3, 0.4) is 0 Å². The Bertz CT molecular complexity index is 603. The molecule has 1 aromatic heterocycles. The van der Waals surface area contributed by atoms with Crippen LogP contribution in [-0.2, 0) is 16.1 Å². The first-order valence-electron chi connectivity index (χ1n) is 7.66. The fourth-order valence-corrected chi connectivity index (χ4v) is 3.24. The Morgan fingerprint density at radius 2 is 1.88 bits per heavy atom. The van der Waals surface area contributed by atoms with Crippen molar-refractivity contribution in [2.45, 2.75) is 33.0 Å².